The predicted molar refractivity (Wildman–Crippen MR) is 67.9 cm³/mol. The van der Waals surface area contributed by atoms with E-state index < -0.39 is 0 Å². The molecule has 2 saturated heterocycles. The first-order valence-corrected chi connectivity index (χ1v) is 6.86. The number of rotatable bonds is 0. The van der Waals surface area contributed by atoms with Crippen LogP contribution in [-0.4, -0.2) is 23.4 Å². The molecule has 0 saturated carbocycles. The van der Waals surface area contributed by atoms with Gasteiger partial charge in [0.1, 0.15) is 0 Å². The van der Waals surface area contributed by atoms with Crippen LogP contribution in [0.3, 0.4) is 0 Å². The lowest BCUT2D eigenvalue weighted by molar-refractivity contribution is 0.267. The van der Waals surface area contributed by atoms with Crippen LogP contribution in [0.4, 0.5) is 0 Å². The van der Waals surface area contributed by atoms with E-state index in [-0.39, 0.29) is 16.6 Å². The molecule has 0 aromatic heterocycles. The summed E-state index contributed by atoms with van der Waals surface area (Å²) in [6.45, 7) is 9.10. The lowest BCUT2D eigenvalue weighted by atomic mass is 9.84. The fourth-order valence-corrected chi connectivity index (χ4v) is 3.18. The zero-order chi connectivity index (χ0) is 12.3. The molecule has 17 heavy (non-hydrogen) atoms. The minimum Gasteiger partial charge on any atom is -0.366 e. The van der Waals surface area contributed by atoms with Crippen LogP contribution >= 0.6 is 0 Å². The van der Waals surface area contributed by atoms with Crippen LogP contribution in [0.15, 0.2) is 12.2 Å². The van der Waals surface area contributed by atoms with Gasteiger partial charge in [-0.25, -0.2) is 0 Å². The van der Waals surface area contributed by atoms with Crippen molar-refractivity contribution >= 4 is 0 Å². The normalized spacial score (nSPS) is 53.9. The molecule has 2 fully saturated rings. The minimum atomic E-state index is 0.109. The molecule has 2 heterocycles. The summed E-state index contributed by atoms with van der Waals surface area (Å²) in [5.41, 5.74) is 0.480. The van der Waals surface area contributed by atoms with Gasteiger partial charge in [0, 0.05) is 0 Å². The summed E-state index contributed by atoms with van der Waals surface area (Å²) >= 11 is 0. The number of hydrogen-bond acceptors (Lipinski definition) is 2. The van der Waals surface area contributed by atoms with E-state index in [9.17, 15) is 0 Å². The fourth-order valence-electron chi connectivity index (χ4n) is 3.18. The van der Waals surface area contributed by atoms with Gasteiger partial charge in [-0.15, -0.1) is 0 Å². The number of hydrogen-bond donors (Lipinski definition) is 0. The maximum Gasteiger partial charge on any atom is 0.0954 e. The van der Waals surface area contributed by atoms with Crippen LogP contribution < -0.4 is 0 Å². The molecular formula is C15H24O2. The Kier molecular flexibility index (Phi) is 2.32. The standard InChI is InChI=1S/C15H24O2/c1-13(2)7-5-8-14(3)11(16-14)6-9-15(4)12(10-13)17-15/h5,7,11-12H,6,8-10H2,1-4H3/b7-5+/t11-,12+,14-,15+/m1/s1. The molecule has 4 atom stereocenters. The molecule has 0 radical (unpaired) electrons. The smallest absolute Gasteiger partial charge is 0.0954 e. The first kappa shape index (κ1) is 11.7. The van der Waals surface area contributed by atoms with Gasteiger partial charge in [0.25, 0.3) is 0 Å². The zero-order valence-corrected chi connectivity index (χ0v) is 11.5. The third-order valence-corrected chi connectivity index (χ3v) is 4.78. The van der Waals surface area contributed by atoms with Crippen molar-refractivity contribution in [1.82, 2.24) is 0 Å². The molecule has 0 amide bonds. The Balaban J connectivity index is 1.77. The number of fused-ring (bicyclic) bond motifs is 2. The predicted octanol–water partition coefficient (Wildman–Crippen LogP) is 3.46. The average Bonchev–Trinajstić information content (AvgIpc) is 3.01. The highest BCUT2D eigenvalue weighted by Crippen LogP contribution is 2.51. The van der Waals surface area contributed by atoms with Gasteiger partial charge < -0.3 is 9.47 Å². The summed E-state index contributed by atoms with van der Waals surface area (Å²) in [4.78, 5) is 0. The maximum absolute atomic E-state index is 5.92. The highest BCUT2D eigenvalue weighted by molar-refractivity contribution is 5.12. The molecule has 2 aliphatic heterocycles. The van der Waals surface area contributed by atoms with Gasteiger partial charge in [0.05, 0.1) is 23.4 Å². The lowest BCUT2D eigenvalue weighted by Gasteiger charge is -2.19. The van der Waals surface area contributed by atoms with E-state index >= 15 is 0 Å². The largest absolute Gasteiger partial charge is 0.366 e. The molecule has 1 aliphatic carbocycles. The summed E-state index contributed by atoms with van der Waals surface area (Å²) in [7, 11) is 0. The summed E-state index contributed by atoms with van der Waals surface area (Å²) in [5.74, 6) is 0. The van der Waals surface area contributed by atoms with Gasteiger partial charge in [-0.2, -0.15) is 0 Å². The van der Waals surface area contributed by atoms with Crippen molar-refractivity contribution < 1.29 is 9.47 Å². The molecule has 0 bridgehead atoms. The second kappa shape index (κ2) is 3.36. The number of epoxide rings is 2. The third-order valence-electron chi connectivity index (χ3n) is 4.78. The van der Waals surface area contributed by atoms with Gasteiger partial charge in [0.2, 0.25) is 0 Å². The van der Waals surface area contributed by atoms with E-state index in [1.165, 1.54) is 0 Å². The minimum absolute atomic E-state index is 0.109. The highest BCUT2D eigenvalue weighted by Gasteiger charge is 2.57. The van der Waals surface area contributed by atoms with E-state index in [2.05, 4.69) is 39.8 Å². The first-order valence-electron chi connectivity index (χ1n) is 6.86. The Labute approximate surface area is 104 Å². The van der Waals surface area contributed by atoms with Crippen molar-refractivity contribution in [3.63, 3.8) is 0 Å². The highest BCUT2D eigenvalue weighted by atomic mass is 16.6. The molecule has 3 aliphatic rings. The molecule has 0 aromatic carbocycles. The van der Waals surface area contributed by atoms with Crippen LogP contribution in [0.25, 0.3) is 0 Å². The summed E-state index contributed by atoms with van der Waals surface area (Å²) in [5, 5.41) is 0. The molecule has 2 heteroatoms. The van der Waals surface area contributed by atoms with Crippen molar-refractivity contribution in [3.8, 4) is 0 Å². The molecule has 0 aromatic rings. The van der Waals surface area contributed by atoms with Crippen molar-refractivity contribution in [2.75, 3.05) is 0 Å². The van der Waals surface area contributed by atoms with Crippen molar-refractivity contribution in [3.05, 3.63) is 12.2 Å². The van der Waals surface area contributed by atoms with Crippen LogP contribution in [0.2, 0.25) is 0 Å². The summed E-state index contributed by atoms with van der Waals surface area (Å²) in [6, 6.07) is 0. The van der Waals surface area contributed by atoms with Crippen LogP contribution in [0, 0.1) is 5.41 Å². The monoisotopic (exact) mass is 236 g/mol. The lowest BCUT2D eigenvalue weighted by Crippen LogP contribution is -2.17. The Morgan fingerprint density at radius 1 is 1.00 bits per heavy atom. The van der Waals surface area contributed by atoms with Crippen LogP contribution in [0.1, 0.15) is 53.4 Å². The van der Waals surface area contributed by atoms with Crippen LogP contribution in [0.5, 0.6) is 0 Å². The van der Waals surface area contributed by atoms with Gasteiger partial charge >= 0.3 is 0 Å². The van der Waals surface area contributed by atoms with E-state index in [1.807, 2.05) is 0 Å². The zero-order valence-electron chi connectivity index (χ0n) is 11.5. The second-order valence-corrected chi connectivity index (χ2v) is 7.18. The van der Waals surface area contributed by atoms with E-state index in [4.69, 9.17) is 9.47 Å². The van der Waals surface area contributed by atoms with Crippen molar-refractivity contribution in [2.45, 2.75) is 76.8 Å². The van der Waals surface area contributed by atoms with E-state index in [1.54, 1.807) is 0 Å². The quantitative estimate of drug-likeness (QED) is 0.475. The average molecular weight is 236 g/mol. The van der Waals surface area contributed by atoms with Crippen molar-refractivity contribution in [2.24, 2.45) is 5.41 Å². The van der Waals surface area contributed by atoms with Gasteiger partial charge in [-0.3, -0.25) is 0 Å². The molecule has 0 spiro atoms. The molecule has 0 N–H and O–H groups in total. The Bertz CT molecular complexity index is 360. The maximum atomic E-state index is 5.92. The third kappa shape index (κ3) is 2.17. The Morgan fingerprint density at radius 2 is 1.71 bits per heavy atom. The van der Waals surface area contributed by atoms with Gasteiger partial charge in [-0.1, -0.05) is 26.0 Å². The molecular weight excluding hydrogens is 212 g/mol. The molecule has 0 unspecified atom stereocenters. The van der Waals surface area contributed by atoms with Gasteiger partial charge in [-0.05, 0) is 44.9 Å². The first-order chi connectivity index (χ1) is 7.83. The summed E-state index contributed by atoms with van der Waals surface area (Å²) in [6.07, 6.45) is 10.1. The SMILES string of the molecule is CC1(C)/C=C/C[C@@]2(C)O[C@@H]2CC[C@]2(C)O[C@H]2C1. The van der Waals surface area contributed by atoms with Gasteiger partial charge in [0.15, 0.2) is 0 Å². The molecule has 3 rings (SSSR count). The Hall–Kier alpha value is -0.340. The van der Waals surface area contributed by atoms with E-state index in [0.29, 0.717) is 12.2 Å². The molecule has 96 valence electrons. The van der Waals surface area contributed by atoms with Crippen LogP contribution in [-0.2, 0) is 9.47 Å². The van der Waals surface area contributed by atoms with Crippen molar-refractivity contribution in [1.29, 1.82) is 0 Å². The second-order valence-electron chi connectivity index (χ2n) is 7.18. The Morgan fingerprint density at radius 3 is 2.47 bits per heavy atom. The topological polar surface area (TPSA) is 25.1 Å². The van der Waals surface area contributed by atoms with E-state index in [0.717, 1.165) is 25.7 Å². The number of ether oxygens (including phenoxy) is 2. The summed E-state index contributed by atoms with van der Waals surface area (Å²) < 4.78 is 11.8. The number of allylic oxidation sites excluding steroid dienone is 1. The molecule has 2 nitrogen and oxygen atoms in total. The fraction of sp³-hybridized carbons (Fsp3) is 0.867.